The van der Waals surface area contributed by atoms with Gasteiger partial charge in [-0.1, -0.05) is 41.4 Å². The van der Waals surface area contributed by atoms with Crippen LogP contribution in [0.4, 0.5) is 15.8 Å². The predicted octanol–water partition coefficient (Wildman–Crippen LogP) is 5.64. The Morgan fingerprint density at radius 3 is 2.17 bits per heavy atom. The second-order valence-electron chi connectivity index (χ2n) is 12.4. The van der Waals surface area contributed by atoms with Gasteiger partial charge in [-0.05, 0) is 73.7 Å². The lowest BCUT2D eigenvalue weighted by atomic mass is 9.51. The highest BCUT2D eigenvalue weighted by Crippen LogP contribution is 2.64. The van der Waals surface area contributed by atoms with Crippen molar-refractivity contribution in [2.24, 2.45) is 29.1 Å². The Morgan fingerprint density at radius 1 is 0.870 bits per heavy atom. The van der Waals surface area contributed by atoms with Crippen molar-refractivity contribution in [3.8, 4) is 17.2 Å². The largest absolute Gasteiger partial charge is 0.502 e. The minimum Gasteiger partial charge on any atom is -0.502 e. The molecule has 3 aromatic carbocycles. The zero-order chi connectivity index (χ0) is 32.7. The van der Waals surface area contributed by atoms with Crippen molar-refractivity contribution < 1.29 is 38.1 Å². The van der Waals surface area contributed by atoms with Gasteiger partial charge in [-0.15, -0.1) is 0 Å². The number of aromatic hydroxyl groups is 1. The molecule has 3 fully saturated rings. The fraction of sp³-hybridized carbons (Fsp3) is 0.314. The summed E-state index contributed by atoms with van der Waals surface area (Å²) in [7, 11) is 2.78. The van der Waals surface area contributed by atoms with E-state index in [1.54, 1.807) is 49.4 Å². The molecule has 2 aliphatic carbocycles. The number of benzene rings is 3. The van der Waals surface area contributed by atoms with E-state index in [2.05, 4.69) is 0 Å². The van der Waals surface area contributed by atoms with Crippen molar-refractivity contribution in [3.63, 3.8) is 0 Å². The number of allylic oxidation sites excluding steroid dienone is 2. The third kappa shape index (κ3) is 4.05. The van der Waals surface area contributed by atoms with Gasteiger partial charge in [0, 0.05) is 5.92 Å². The fourth-order valence-electron chi connectivity index (χ4n) is 8.18. The zero-order valence-electron chi connectivity index (χ0n) is 25.2. The third-order valence-corrected chi connectivity index (χ3v) is 10.6. The molecule has 2 saturated heterocycles. The molecule has 3 aromatic rings. The van der Waals surface area contributed by atoms with Crippen LogP contribution in [0.2, 0.25) is 5.02 Å². The van der Waals surface area contributed by atoms with Gasteiger partial charge in [0.15, 0.2) is 11.5 Å². The van der Waals surface area contributed by atoms with Crippen LogP contribution in [0.25, 0.3) is 0 Å². The quantitative estimate of drug-likeness (QED) is 0.283. The maximum Gasteiger partial charge on any atom is 0.241 e. The minimum absolute atomic E-state index is 0.104. The van der Waals surface area contributed by atoms with Crippen molar-refractivity contribution in [2.75, 3.05) is 24.0 Å². The van der Waals surface area contributed by atoms with Crippen LogP contribution in [0.1, 0.15) is 31.2 Å². The van der Waals surface area contributed by atoms with Crippen molar-refractivity contribution in [1.82, 2.24) is 0 Å². The Bertz CT molecular complexity index is 1840. The Balaban J connectivity index is 1.41. The molecule has 0 aromatic heterocycles. The summed E-state index contributed by atoms with van der Waals surface area (Å²) in [6.45, 7) is 1.72. The smallest absolute Gasteiger partial charge is 0.241 e. The molecule has 46 heavy (non-hydrogen) atoms. The molecular formula is C35H30ClFN2O7. The SMILES string of the molecule is COc1cc([C@H]2C3=CC[C@@H]4C(=O)N(c5ccccc5)C(=O)[C@@H]4[C@@H]3C[C@H]3C(=O)N(c4ccc(F)c(Cl)c4)C(=O)[C@@]23C)cc(OC)c1O. The van der Waals surface area contributed by atoms with Crippen molar-refractivity contribution >= 4 is 46.6 Å². The number of ether oxygens (including phenoxy) is 2. The van der Waals surface area contributed by atoms with E-state index in [0.29, 0.717) is 11.3 Å². The molecule has 0 spiro atoms. The van der Waals surface area contributed by atoms with E-state index in [1.165, 1.54) is 31.3 Å². The summed E-state index contributed by atoms with van der Waals surface area (Å²) in [6, 6.07) is 15.6. The average molecular weight is 645 g/mol. The monoisotopic (exact) mass is 644 g/mol. The highest BCUT2D eigenvalue weighted by Gasteiger charge is 2.67. The maximum absolute atomic E-state index is 14.6. The van der Waals surface area contributed by atoms with Gasteiger partial charge in [0.1, 0.15) is 5.82 Å². The van der Waals surface area contributed by atoms with Crippen LogP contribution in [0.5, 0.6) is 17.2 Å². The molecule has 7 rings (SSSR count). The fourth-order valence-corrected chi connectivity index (χ4v) is 8.35. The number of imide groups is 2. The van der Waals surface area contributed by atoms with Gasteiger partial charge in [0.25, 0.3) is 0 Å². The van der Waals surface area contributed by atoms with Gasteiger partial charge in [-0.3, -0.25) is 24.1 Å². The van der Waals surface area contributed by atoms with Crippen LogP contribution in [0.3, 0.4) is 0 Å². The normalized spacial score (nSPS) is 28.5. The molecule has 4 aliphatic rings. The lowest BCUT2D eigenvalue weighted by Gasteiger charge is -2.49. The van der Waals surface area contributed by atoms with E-state index in [1.807, 2.05) is 6.08 Å². The third-order valence-electron chi connectivity index (χ3n) is 10.3. The first kappa shape index (κ1) is 30.0. The van der Waals surface area contributed by atoms with E-state index < -0.39 is 52.6 Å². The number of amides is 4. The molecule has 236 valence electrons. The van der Waals surface area contributed by atoms with E-state index in [9.17, 15) is 28.7 Å². The average Bonchev–Trinajstić information content (AvgIpc) is 3.42. The summed E-state index contributed by atoms with van der Waals surface area (Å²) in [5, 5.41) is 10.5. The first-order valence-corrected chi connectivity index (χ1v) is 15.3. The van der Waals surface area contributed by atoms with Crippen molar-refractivity contribution in [1.29, 1.82) is 0 Å². The van der Waals surface area contributed by atoms with Crippen molar-refractivity contribution in [3.05, 3.63) is 88.7 Å². The summed E-state index contributed by atoms with van der Waals surface area (Å²) in [5.41, 5.74) is 0.528. The van der Waals surface area contributed by atoms with Gasteiger partial charge >= 0.3 is 0 Å². The van der Waals surface area contributed by atoms with Gasteiger partial charge in [0.2, 0.25) is 29.4 Å². The number of phenolic OH excluding ortho intramolecular Hbond substituents is 1. The number of phenols is 1. The molecule has 0 radical (unpaired) electrons. The van der Waals surface area contributed by atoms with Gasteiger partial charge in [-0.25, -0.2) is 9.29 Å². The number of hydrogen-bond donors (Lipinski definition) is 1. The Hall–Kier alpha value is -4.70. The van der Waals surface area contributed by atoms with Gasteiger partial charge < -0.3 is 14.6 Å². The molecule has 9 nitrogen and oxygen atoms in total. The summed E-state index contributed by atoms with van der Waals surface area (Å²) in [6.07, 6.45) is 2.34. The zero-order valence-corrected chi connectivity index (χ0v) is 26.0. The first-order chi connectivity index (χ1) is 22.0. The first-order valence-electron chi connectivity index (χ1n) is 14.9. The van der Waals surface area contributed by atoms with Crippen LogP contribution in [-0.2, 0) is 19.2 Å². The number of carbonyl (C=O) groups is 4. The topological polar surface area (TPSA) is 113 Å². The Labute approximate surface area is 269 Å². The summed E-state index contributed by atoms with van der Waals surface area (Å²) in [5.74, 6) is -5.99. The maximum atomic E-state index is 14.6. The minimum atomic E-state index is -1.37. The van der Waals surface area contributed by atoms with E-state index in [-0.39, 0.29) is 52.6 Å². The Morgan fingerprint density at radius 2 is 1.54 bits per heavy atom. The number of halogens is 2. The molecule has 11 heteroatoms. The molecule has 0 unspecified atom stereocenters. The number of nitrogens with zero attached hydrogens (tertiary/aromatic N) is 2. The van der Waals surface area contributed by atoms with E-state index in [0.717, 1.165) is 16.5 Å². The molecule has 2 aliphatic heterocycles. The van der Waals surface area contributed by atoms with Crippen LogP contribution in [0, 0.1) is 34.9 Å². The molecular weight excluding hydrogens is 615 g/mol. The lowest BCUT2D eigenvalue weighted by Crippen LogP contribution is -2.48. The Kier molecular flexibility index (Phi) is 6.97. The molecule has 2 heterocycles. The molecule has 1 N–H and O–H groups in total. The van der Waals surface area contributed by atoms with E-state index >= 15 is 0 Å². The van der Waals surface area contributed by atoms with Crippen LogP contribution in [0.15, 0.2) is 72.3 Å². The second kappa shape index (κ2) is 10.7. The predicted molar refractivity (Wildman–Crippen MR) is 166 cm³/mol. The number of hydrogen-bond acceptors (Lipinski definition) is 7. The summed E-state index contributed by atoms with van der Waals surface area (Å²) in [4.78, 5) is 59.1. The second-order valence-corrected chi connectivity index (χ2v) is 12.8. The number of carbonyl (C=O) groups excluding carboxylic acids is 4. The number of anilines is 2. The van der Waals surface area contributed by atoms with E-state index in [4.69, 9.17) is 21.1 Å². The van der Waals surface area contributed by atoms with Gasteiger partial charge in [0.05, 0.1) is 53.8 Å². The number of methoxy groups -OCH3 is 2. The molecule has 6 atom stereocenters. The molecule has 4 amide bonds. The standard InChI is InChI=1S/C35H30ClFN2O7/c1-35-23(32(42)39(34(35)44)19-9-12-25(37)24(36)15-19)16-22-20(29(35)17-13-26(45-2)30(40)27(14-17)46-3)10-11-21-28(22)33(43)38(31(21)41)18-7-5-4-6-8-18/h4-10,12-15,21-23,28-29,40H,11,16H2,1-3H3/t21-,22+,23-,28-,29-,35+/m0/s1. The van der Waals surface area contributed by atoms with Gasteiger partial charge in [-0.2, -0.15) is 0 Å². The lowest BCUT2D eigenvalue weighted by molar-refractivity contribution is -0.131. The molecule has 0 bridgehead atoms. The number of fused-ring (bicyclic) bond motifs is 4. The highest BCUT2D eigenvalue weighted by atomic mass is 35.5. The summed E-state index contributed by atoms with van der Waals surface area (Å²) >= 11 is 6.08. The summed E-state index contributed by atoms with van der Waals surface area (Å²) < 4.78 is 25.0. The van der Waals surface area contributed by atoms with Crippen LogP contribution >= 0.6 is 11.6 Å². The van der Waals surface area contributed by atoms with Crippen LogP contribution < -0.4 is 19.3 Å². The highest BCUT2D eigenvalue weighted by molar-refractivity contribution is 6.32. The van der Waals surface area contributed by atoms with Crippen molar-refractivity contribution in [2.45, 2.75) is 25.7 Å². The number of para-hydroxylation sites is 1. The number of rotatable bonds is 5. The molecule has 1 saturated carbocycles. The van der Waals surface area contributed by atoms with Crippen LogP contribution in [-0.4, -0.2) is 43.0 Å².